The largest absolute Gasteiger partial charge is 0.324 e. The molecule has 134 valence electrons. The summed E-state index contributed by atoms with van der Waals surface area (Å²) in [7, 11) is 0. The Bertz CT molecular complexity index is 945. The van der Waals surface area contributed by atoms with E-state index in [1.54, 1.807) is 6.92 Å². The maximum absolute atomic E-state index is 12.4. The Morgan fingerprint density at radius 3 is 2.96 bits per heavy atom. The Morgan fingerprint density at radius 2 is 2.27 bits per heavy atom. The summed E-state index contributed by atoms with van der Waals surface area (Å²) in [5.74, 6) is 0.275. The van der Waals surface area contributed by atoms with Crippen molar-refractivity contribution < 1.29 is 9.72 Å². The molecule has 0 saturated carbocycles. The molecule has 2 N–H and O–H groups in total. The summed E-state index contributed by atoms with van der Waals surface area (Å²) in [6.45, 7) is 1.69. The van der Waals surface area contributed by atoms with Crippen LogP contribution in [0.1, 0.15) is 6.92 Å². The van der Waals surface area contributed by atoms with Crippen LogP contribution in [0.4, 0.5) is 11.4 Å². The van der Waals surface area contributed by atoms with Crippen molar-refractivity contribution in [1.29, 1.82) is 0 Å². The predicted octanol–water partition coefficient (Wildman–Crippen LogP) is 4.21. The van der Waals surface area contributed by atoms with E-state index in [0.29, 0.717) is 11.0 Å². The summed E-state index contributed by atoms with van der Waals surface area (Å²) in [6.07, 6.45) is 0. The number of anilines is 1. The molecule has 0 fully saturated rings. The van der Waals surface area contributed by atoms with Crippen LogP contribution in [-0.4, -0.2) is 31.3 Å². The highest BCUT2D eigenvalue weighted by Gasteiger charge is 2.20. The van der Waals surface area contributed by atoms with Crippen LogP contribution in [0.5, 0.6) is 0 Å². The number of carbonyl (C=O) groups excluding carboxylic acids is 1. The van der Waals surface area contributed by atoms with E-state index >= 15 is 0 Å². The Labute approximate surface area is 161 Å². The van der Waals surface area contributed by atoms with E-state index in [1.165, 1.54) is 41.3 Å². The summed E-state index contributed by atoms with van der Waals surface area (Å²) in [4.78, 5) is 28.0. The smallest absolute Gasteiger partial charge is 0.271 e. The first-order chi connectivity index (χ1) is 12.4. The second-order valence-electron chi connectivity index (χ2n) is 5.11. The van der Waals surface area contributed by atoms with Gasteiger partial charge in [-0.3, -0.25) is 20.0 Å². The number of hydrogen-bond acceptors (Lipinski definition) is 7. The van der Waals surface area contributed by atoms with Crippen LogP contribution >= 0.6 is 34.7 Å². The molecule has 0 aliphatic carbocycles. The molecule has 0 saturated heterocycles. The maximum atomic E-state index is 12.4. The van der Waals surface area contributed by atoms with Crippen molar-refractivity contribution in [2.24, 2.45) is 0 Å². The number of halogens is 1. The normalized spacial score (nSPS) is 11.9. The van der Waals surface area contributed by atoms with Crippen molar-refractivity contribution in [3.05, 3.63) is 50.8 Å². The fourth-order valence-corrected chi connectivity index (χ4v) is 3.54. The first-order valence-electron chi connectivity index (χ1n) is 7.32. The molecule has 0 aliphatic heterocycles. The van der Waals surface area contributed by atoms with Gasteiger partial charge in [0.15, 0.2) is 5.82 Å². The molecule has 0 aliphatic rings. The first-order valence-corrected chi connectivity index (χ1v) is 9.45. The Balaban J connectivity index is 1.67. The third-order valence-corrected chi connectivity index (χ3v) is 5.46. The molecule has 0 bridgehead atoms. The summed E-state index contributed by atoms with van der Waals surface area (Å²) >= 11 is 8.69. The lowest BCUT2D eigenvalue weighted by atomic mass is 10.2. The highest BCUT2D eigenvalue weighted by Crippen LogP contribution is 2.29. The monoisotopic (exact) mass is 409 g/mol. The number of hydrogen-bond donors (Lipinski definition) is 2. The number of thioether (sulfide) groups is 1. The molecule has 26 heavy (non-hydrogen) atoms. The lowest BCUT2D eigenvalue weighted by Gasteiger charge is -2.11. The number of non-ortho nitro benzene ring substituents is 1. The fraction of sp³-hybridized carbons (Fsp3) is 0.133. The van der Waals surface area contributed by atoms with Crippen LogP contribution in [0.2, 0.25) is 5.02 Å². The molecule has 1 unspecified atom stereocenters. The van der Waals surface area contributed by atoms with E-state index in [0.717, 1.165) is 4.88 Å². The number of aromatic nitrogens is 3. The van der Waals surface area contributed by atoms with Gasteiger partial charge in [-0.1, -0.05) is 29.4 Å². The summed E-state index contributed by atoms with van der Waals surface area (Å²) in [5, 5.41) is 22.4. The lowest BCUT2D eigenvalue weighted by molar-refractivity contribution is -0.384. The quantitative estimate of drug-likeness (QED) is 0.358. The first kappa shape index (κ1) is 18.4. The van der Waals surface area contributed by atoms with Gasteiger partial charge in [0.1, 0.15) is 0 Å². The predicted molar refractivity (Wildman–Crippen MR) is 102 cm³/mol. The number of thiophene rings is 1. The van der Waals surface area contributed by atoms with Crippen molar-refractivity contribution in [2.75, 3.05) is 5.32 Å². The molecule has 1 aromatic carbocycles. The van der Waals surface area contributed by atoms with E-state index in [1.807, 2.05) is 17.5 Å². The van der Waals surface area contributed by atoms with Gasteiger partial charge >= 0.3 is 0 Å². The molecule has 1 atom stereocenters. The van der Waals surface area contributed by atoms with Gasteiger partial charge in [0.2, 0.25) is 11.1 Å². The Hall–Kier alpha value is -2.43. The van der Waals surface area contributed by atoms with Crippen LogP contribution in [0.25, 0.3) is 10.7 Å². The molecular formula is C15H12ClN5O3S2. The van der Waals surface area contributed by atoms with E-state index in [9.17, 15) is 14.9 Å². The third kappa shape index (κ3) is 4.21. The van der Waals surface area contributed by atoms with Crippen LogP contribution < -0.4 is 5.32 Å². The van der Waals surface area contributed by atoms with Crippen molar-refractivity contribution in [3.63, 3.8) is 0 Å². The van der Waals surface area contributed by atoms with Gasteiger partial charge in [-0.05, 0) is 24.4 Å². The van der Waals surface area contributed by atoms with Gasteiger partial charge in [0, 0.05) is 12.1 Å². The van der Waals surface area contributed by atoms with Crippen molar-refractivity contribution in [3.8, 4) is 10.7 Å². The van der Waals surface area contributed by atoms with Crippen LogP contribution in [0, 0.1) is 10.1 Å². The van der Waals surface area contributed by atoms with Gasteiger partial charge in [-0.25, -0.2) is 4.98 Å². The Morgan fingerprint density at radius 1 is 1.46 bits per heavy atom. The molecule has 2 heterocycles. The number of carbonyl (C=O) groups is 1. The number of aromatic amines is 1. The minimum Gasteiger partial charge on any atom is -0.324 e. The number of nitrogens with one attached hydrogen (secondary N) is 2. The number of nitro groups is 1. The number of benzene rings is 1. The SMILES string of the molecule is CC(Sc1n[nH]c(-c2cccs2)n1)C(=O)Nc1cc([N+](=O)[O-])ccc1Cl. The number of nitrogens with zero attached hydrogens (tertiary/aromatic N) is 3. The van der Waals surface area contributed by atoms with Crippen LogP contribution in [0.15, 0.2) is 40.9 Å². The minimum atomic E-state index is -0.552. The number of nitro benzene ring substituents is 1. The topological polar surface area (TPSA) is 114 Å². The van der Waals surface area contributed by atoms with Gasteiger partial charge < -0.3 is 5.32 Å². The molecule has 8 nitrogen and oxygen atoms in total. The summed E-state index contributed by atoms with van der Waals surface area (Å²) < 4.78 is 0. The highest BCUT2D eigenvalue weighted by molar-refractivity contribution is 8.00. The van der Waals surface area contributed by atoms with Crippen molar-refractivity contribution in [2.45, 2.75) is 17.3 Å². The van der Waals surface area contributed by atoms with Gasteiger partial charge in [-0.15, -0.1) is 16.4 Å². The molecular weight excluding hydrogens is 398 g/mol. The van der Waals surface area contributed by atoms with E-state index < -0.39 is 10.2 Å². The molecule has 0 spiro atoms. The Kier molecular flexibility index (Phi) is 5.55. The van der Waals surface area contributed by atoms with Crippen molar-refractivity contribution in [1.82, 2.24) is 15.2 Å². The highest BCUT2D eigenvalue weighted by atomic mass is 35.5. The number of H-pyrrole nitrogens is 1. The second-order valence-corrected chi connectivity index (χ2v) is 7.78. The molecule has 3 rings (SSSR count). The summed E-state index contributed by atoms with van der Waals surface area (Å²) in [5.41, 5.74) is 0.0344. The summed E-state index contributed by atoms with van der Waals surface area (Å²) in [6, 6.07) is 7.69. The van der Waals surface area contributed by atoms with Gasteiger partial charge in [0.05, 0.1) is 25.8 Å². The third-order valence-electron chi connectivity index (χ3n) is 3.29. The van der Waals surface area contributed by atoms with E-state index in [4.69, 9.17) is 11.6 Å². The zero-order valence-corrected chi connectivity index (χ0v) is 15.7. The maximum Gasteiger partial charge on any atom is 0.271 e. The zero-order valence-electron chi connectivity index (χ0n) is 13.3. The average molecular weight is 410 g/mol. The second kappa shape index (κ2) is 7.85. The van der Waals surface area contributed by atoms with Gasteiger partial charge in [-0.2, -0.15) is 0 Å². The molecule has 1 amide bonds. The van der Waals surface area contributed by atoms with E-state index in [2.05, 4.69) is 20.5 Å². The fourth-order valence-electron chi connectivity index (χ4n) is 1.99. The van der Waals surface area contributed by atoms with E-state index in [-0.39, 0.29) is 22.3 Å². The standard InChI is InChI=1S/C15H12ClN5O3S2/c1-8(26-15-18-13(19-20-15)12-3-2-6-25-12)14(22)17-11-7-9(21(23)24)4-5-10(11)16/h2-8H,1H3,(H,17,22)(H,18,19,20). The minimum absolute atomic E-state index is 0.153. The van der Waals surface area contributed by atoms with Gasteiger partial charge in [0.25, 0.3) is 5.69 Å². The number of rotatable bonds is 6. The molecule has 11 heteroatoms. The van der Waals surface area contributed by atoms with Crippen LogP contribution in [0.3, 0.4) is 0 Å². The number of amides is 1. The lowest BCUT2D eigenvalue weighted by Crippen LogP contribution is -2.22. The molecule has 3 aromatic rings. The molecule has 0 radical (unpaired) electrons. The zero-order chi connectivity index (χ0) is 18.7. The van der Waals surface area contributed by atoms with Crippen LogP contribution in [-0.2, 0) is 4.79 Å². The molecule has 2 aromatic heterocycles. The average Bonchev–Trinajstić information content (AvgIpc) is 3.27. The van der Waals surface area contributed by atoms with Crippen molar-refractivity contribution >= 4 is 52.0 Å².